The molecule has 0 aromatic heterocycles. The summed E-state index contributed by atoms with van der Waals surface area (Å²) in [6.07, 6.45) is 5.10. The SMILES string of the molecule is CSCCCCCNS(=O)(=O)c1cc(C)c(C)c(N)c1. The lowest BCUT2D eigenvalue weighted by Crippen LogP contribution is -2.25. The van der Waals surface area contributed by atoms with Gasteiger partial charge in [0, 0.05) is 12.2 Å². The first kappa shape index (κ1) is 17.3. The van der Waals surface area contributed by atoms with Gasteiger partial charge in [-0.2, -0.15) is 11.8 Å². The molecule has 114 valence electrons. The molecule has 6 heteroatoms. The van der Waals surface area contributed by atoms with Gasteiger partial charge in [-0.15, -0.1) is 0 Å². The van der Waals surface area contributed by atoms with Gasteiger partial charge in [-0.1, -0.05) is 6.42 Å². The molecule has 0 spiro atoms. The van der Waals surface area contributed by atoms with Crippen molar-refractivity contribution in [3.63, 3.8) is 0 Å². The first-order valence-electron chi connectivity index (χ1n) is 6.74. The second kappa shape index (κ2) is 7.90. The molecule has 0 amide bonds. The minimum atomic E-state index is -3.45. The molecule has 0 saturated carbocycles. The van der Waals surface area contributed by atoms with Gasteiger partial charge >= 0.3 is 0 Å². The molecule has 0 atom stereocenters. The van der Waals surface area contributed by atoms with E-state index in [-0.39, 0.29) is 4.90 Å². The fourth-order valence-electron chi connectivity index (χ4n) is 1.85. The lowest BCUT2D eigenvalue weighted by Gasteiger charge is -2.10. The van der Waals surface area contributed by atoms with Gasteiger partial charge in [0.25, 0.3) is 0 Å². The Morgan fingerprint density at radius 3 is 2.50 bits per heavy atom. The highest BCUT2D eigenvalue weighted by molar-refractivity contribution is 7.98. The van der Waals surface area contributed by atoms with Gasteiger partial charge in [0.1, 0.15) is 0 Å². The predicted molar refractivity (Wildman–Crippen MR) is 87.7 cm³/mol. The van der Waals surface area contributed by atoms with E-state index in [0.717, 1.165) is 36.1 Å². The number of thioether (sulfide) groups is 1. The molecular weight excluding hydrogens is 292 g/mol. The molecule has 0 fully saturated rings. The zero-order valence-electron chi connectivity index (χ0n) is 12.4. The van der Waals surface area contributed by atoms with Crippen LogP contribution in [0, 0.1) is 13.8 Å². The highest BCUT2D eigenvalue weighted by Gasteiger charge is 2.15. The molecule has 1 aromatic carbocycles. The van der Waals surface area contributed by atoms with Crippen molar-refractivity contribution in [1.29, 1.82) is 0 Å². The monoisotopic (exact) mass is 316 g/mol. The van der Waals surface area contributed by atoms with Crippen molar-refractivity contribution < 1.29 is 8.42 Å². The van der Waals surface area contributed by atoms with Crippen LogP contribution in [0.3, 0.4) is 0 Å². The van der Waals surface area contributed by atoms with Crippen LogP contribution < -0.4 is 10.5 Å². The topological polar surface area (TPSA) is 72.2 Å². The van der Waals surface area contributed by atoms with Crippen molar-refractivity contribution >= 4 is 27.5 Å². The van der Waals surface area contributed by atoms with Gasteiger partial charge in [-0.05, 0) is 62.0 Å². The quantitative estimate of drug-likeness (QED) is 0.571. The lowest BCUT2D eigenvalue weighted by molar-refractivity contribution is 0.576. The summed E-state index contributed by atoms with van der Waals surface area (Å²) >= 11 is 1.81. The van der Waals surface area contributed by atoms with Gasteiger partial charge in [0.05, 0.1) is 4.90 Å². The molecule has 20 heavy (non-hydrogen) atoms. The van der Waals surface area contributed by atoms with Crippen LogP contribution in [-0.2, 0) is 10.0 Å². The van der Waals surface area contributed by atoms with Gasteiger partial charge in [-0.25, -0.2) is 13.1 Å². The Morgan fingerprint density at radius 1 is 1.20 bits per heavy atom. The predicted octanol–water partition coefficient (Wildman–Crippen LogP) is 2.70. The summed E-state index contributed by atoms with van der Waals surface area (Å²) in [5, 5.41) is 0. The molecule has 0 aliphatic heterocycles. The average molecular weight is 316 g/mol. The van der Waals surface area contributed by atoms with Crippen LogP contribution in [0.15, 0.2) is 17.0 Å². The number of benzene rings is 1. The van der Waals surface area contributed by atoms with E-state index in [0.29, 0.717) is 12.2 Å². The number of hydrogen-bond donors (Lipinski definition) is 2. The van der Waals surface area contributed by atoms with Crippen LogP contribution in [0.25, 0.3) is 0 Å². The summed E-state index contributed by atoms with van der Waals surface area (Å²) in [7, 11) is -3.45. The summed E-state index contributed by atoms with van der Waals surface area (Å²) in [5.41, 5.74) is 8.18. The maximum absolute atomic E-state index is 12.2. The third-order valence-corrected chi connectivity index (χ3v) is 5.45. The molecule has 0 aliphatic carbocycles. The van der Waals surface area contributed by atoms with Crippen molar-refractivity contribution in [2.45, 2.75) is 38.0 Å². The van der Waals surface area contributed by atoms with Crippen molar-refractivity contribution in [3.05, 3.63) is 23.3 Å². The van der Waals surface area contributed by atoms with E-state index in [9.17, 15) is 8.42 Å². The van der Waals surface area contributed by atoms with Crippen LogP contribution in [0.4, 0.5) is 5.69 Å². The average Bonchev–Trinajstić information content (AvgIpc) is 2.39. The van der Waals surface area contributed by atoms with Gasteiger partial charge in [-0.3, -0.25) is 0 Å². The Labute approximate surface area is 126 Å². The fraction of sp³-hybridized carbons (Fsp3) is 0.571. The summed E-state index contributed by atoms with van der Waals surface area (Å²) in [6, 6.07) is 3.19. The van der Waals surface area contributed by atoms with Crippen LogP contribution in [0.5, 0.6) is 0 Å². The number of nitrogen functional groups attached to an aromatic ring is 1. The molecule has 0 saturated heterocycles. The summed E-state index contributed by atoms with van der Waals surface area (Å²) < 4.78 is 27.0. The molecule has 0 unspecified atom stereocenters. The molecule has 0 bridgehead atoms. The number of nitrogens with one attached hydrogen (secondary N) is 1. The molecular formula is C14H24N2O2S2. The Bertz CT molecular complexity index is 519. The third kappa shape index (κ3) is 5.00. The first-order chi connectivity index (χ1) is 9.38. The van der Waals surface area contributed by atoms with Crippen molar-refractivity contribution in [2.24, 2.45) is 0 Å². The molecule has 1 aromatic rings. The van der Waals surface area contributed by atoms with Crippen molar-refractivity contribution in [3.8, 4) is 0 Å². The summed E-state index contributed by atoms with van der Waals surface area (Å²) in [6.45, 7) is 4.23. The largest absolute Gasteiger partial charge is 0.398 e. The Hall–Kier alpha value is -0.720. The highest BCUT2D eigenvalue weighted by atomic mass is 32.2. The fourth-order valence-corrected chi connectivity index (χ4v) is 3.53. The van der Waals surface area contributed by atoms with Crippen LogP contribution >= 0.6 is 11.8 Å². The van der Waals surface area contributed by atoms with E-state index in [1.807, 2.05) is 25.6 Å². The van der Waals surface area contributed by atoms with E-state index < -0.39 is 10.0 Å². The van der Waals surface area contributed by atoms with Crippen LogP contribution in [-0.4, -0.2) is 27.0 Å². The number of sulfonamides is 1. The number of hydrogen-bond acceptors (Lipinski definition) is 4. The van der Waals surface area contributed by atoms with Crippen LogP contribution in [0.1, 0.15) is 30.4 Å². The Morgan fingerprint density at radius 2 is 1.90 bits per heavy atom. The smallest absolute Gasteiger partial charge is 0.240 e. The zero-order chi connectivity index (χ0) is 15.2. The Balaban J connectivity index is 2.61. The zero-order valence-corrected chi connectivity index (χ0v) is 14.0. The standard InChI is InChI=1S/C14H24N2O2S2/c1-11-9-13(10-14(15)12(11)2)20(17,18)16-7-5-4-6-8-19-3/h9-10,16H,4-8,15H2,1-3H3. The van der Waals surface area contributed by atoms with E-state index >= 15 is 0 Å². The van der Waals surface area contributed by atoms with E-state index in [1.165, 1.54) is 6.07 Å². The van der Waals surface area contributed by atoms with Crippen molar-refractivity contribution in [1.82, 2.24) is 4.72 Å². The van der Waals surface area contributed by atoms with Gasteiger partial charge in [0.15, 0.2) is 0 Å². The number of nitrogens with two attached hydrogens (primary N) is 1. The molecule has 4 nitrogen and oxygen atoms in total. The molecule has 3 N–H and O–H groups in total. The first-order valence-corrected chi connectivity index (χ1v) is 9.61. The van der Waals surface area contributed by atoms with Crippen molar-refractivity contribution in [2.75, 3.05) is 24.3 Å². The third-order valence-electron chi connectivity index (χ3n) is 3.31. The maximum Gasteiger partial charge on any atom is 0.240 e. The number of anilines is 1. The minimum Gasteiger partial charge on any atom is -0.398 e. The minimum absolute atomic E-state index is 0.252. The van der Waals surface area contributed by atoms with Gasteiger partial charge < -0.3 is 5.73 Å². The van der Waals surface area contributed by atoms with E-state index in [2.05, 4.69) is 11.0 Å². The summed E-state index contributed by atoms with van der Waals surface area (Å²) in [5.74, 6) is 1.13. The number of unbranched alkanes of at least 4 members (excludes halogenated alkanes) is 2. The molecule has 0 aliphatic rings. The van der Waals surface area contributed by atoms with Gasteiger partial charge in [0.2, 0.25) is 10.0 Å². The second-order valence-corrected chi connectivity index (χ2v) is 7.66. The second-order valence-electron chi connectivity index (χ2n) is 4.91. The highest BCUT2D eigenvalue weighted by Crippen LogP contribution is 2.21. The van der Waals surface area contributed by atoms with E-state index in [4.69, 9.17) is 5.73 Å². The van der Waals surface area contributed by atoms with E-state index in [1.54, 1.807) is 6.07 Å². The molecule has 1 rings (SSSR count). The number of aryl methyl sites for hydroxylation is 1. The molecule has 0 radical (unpaired) electrons. The molecule has 0 heterocycles. The lowest BCUT2D eigenvalue weighted by atomic mass is 10.1. The maximum atomic E-state index is 12.2. The normalized spacial score (nSPS) is 11.8. The Kier molecular flexibility index (Phi) is 6.85. The summed E-state index contributed by atoms with van der Waals surface area (Å²) in [4.78, 5) is 0.252. The van der Waals surface area contributed by atoms with Crippen LogP contribution in [0.2, 0.25) is 0 Å². The number of rotatable bonds is 8.